The highest BCUT2D eigenvalue weighted by Gasteiger charge is 2.45. The van der Waals surface area contributed by atoms with Gasteiger partial charge in [-0.1, -0.05) is 47.4 Å². The smallest absolute Gasteiger partial charge is 0.296 e. The van der Waals surface area contributed by atoms with Crippen LogP contribution in [0.4, 0.5) is 5.82 Å². The molecule has 1 aliphatic rings. The standard InChI is InChI=1S/C24H18Cl2N2O5/c1-3-8-31-15-6-4-13(5-7-15)20-19-21(29)16-10-14(25)11-17(26)22(16)32-23(19)24(30)28(20)18-9-12(2)33-27-18/h4-7,9-11,20H,3,8H2,1-2H3/t20-/m0/s1. The Bertz CT molecular complexity index is 1440. The Kier molecular flexibility index (Phi) is 5.38. The minimum absolute atomic E-state index is 0.0892. The average Bonchev–Trinajstić information content (AvgIpc) is 3.34. The summed E-state index contributed by atoms with van der Waals surface area (Å²) in [4.78, 5) is 28.5. The number of rotatable bonds is 5. The summed E-state index contributed by atoms with van der Waals surface area (Å²) in [7, 11) is 0. The molecule has 9 heteroatoms. The van der Waals surface area contributed by atoms with Gasteiger partial charge in [-0.05, 0) is 43.2 Å². The highest BCUT2D eigenvalue weighted by atomic mass is 35.5. The fourth-order valence-corrected chi connectivity index (χ4v) is 4.52. The first-order chi connectivity index (χ1) is 15.9. The van der Waals surface area contributed by atoms with Gasteiger partial charge in [-0.25, -0.2) is 0 Å². The number of ether oxygens (including phenoxy) is 1. The molecule has 168 valence electrons. The molecular formula is C24H18Cl2N2O5. The molecule has 2 aromatic carbocycles. The highest BCUT2D eigenvalue weighted by molar-refractivity contribution is 6.38. The van der Waals surface area contributed by atoms with E-state index in [9.17, 15) is 9.59 Å². The summed E-state index contributed by atoms with van der Waals surface area (Å²) >= 11 is 12.4. The summed E-state index contributed by atoms with van der Waals surface area (Å²) in [5, 5.41) is 4.65. The molecule has 0 spiro atoms. The number of hydrogen-bond donors (Lipinski definition) is 0. The van der Waals surface area contributed by atoms with Gasteiger partial charge in [0.15, 0.2) is 16.8 Å². The van der Waals surface area contributed by atoms with Gasteiger partial charge in [0, 0.05) is 11.1 Å². The summed E-state index contributed by atoms with van der Waals surface area (Å²) in [5.74, 6) is 0.884. The van der Waals surface area contributed by atoms with E-state index >= 15 is 0 Å². The molecule has 33 heavy (non-hydrogen) atoms. The fourth-order valence-electron chi connectivity index (χ4n) is 3.99. The third-order valence-electron chi connectivity index (χ3n) is 5.42. The summed E-state index contributed by atoms with van der Waals surface area (Å²) in [6.45, 7) is 4.33. The molecule has 7 nitrogen and oxygen atoms in total. The van der Waals surface area contributed by atoms with Gasteiger partial charge >= 0.3 is 0 Å². The monoisotopic (exact) mass is 484 g/mol. The predicted octanol–water partition coefficient (Wildman–Crippen LogP) is 5.93. The van der Waals surface area contributed by atoms with Crippen molar-refractivity contribution in [3.8, 4) is 5.75 Å². The first-order valence-corrected chi connectivity index (χ1v) is 11.1. The summed E-state index contributed by atoms with van der Waals surface area (Å²) in [5.41, 5.74) is 0.599. The minimum atomic E-state index is -0.782. The Morgan fingerprint density at radius 1 is 1.12 bits per heavy atom. The van der Waals surface area contributed by atoms with Gasteiger partial charge in [-0.3, -0.25) is 14.5 Å². The molecule has 0 fully saturated rings. The van der Waals surface area contributed by atoms with E-state index in [1.54, 1.807) is 25.1 Å². The molecule has 5 rings (SSSR count). The molecule has 0 unspecified atom stereocenters. The van der Waals surface area contributed by atoms with E-state index < -0.39 is 11.9 Å². The van der Waals surface area contributed by atoms with Crippen LogP contribution in [0.3, 0.4) is 0 Å². The second-order valence-corrected chi connectivity index (χ2v) is 8.57. The molecule has 0 aliphatic carbocycles. The number of nitrogens with zero attached hydrogens (tertiary/aromatic N) is 2. The van der Waals surface area contributed by atoms with Crippen molar-refractivity contribution in [1.29, 1.82) is 0 Å². The van der Waals surface area contributed by atoms with Crippen LogP contribution in [-0.4, -0.2) is 17.7 Å². The van der Waals surface area contributed by atoms with Crippen LogP contribution >= 0.6 is 23.2 Å². The van der Waals surface area contributed by atoms with Gasteiger partial charge in [0.2, 0.25) is 5.76 Å². The number of halogens is 2. The Balaban J connectivity index is 1.74. The topological polar surface area (TPSA) is 85.8 Å². The second kappa shape index (κ2) is 8.24. The van der Waals surface area contributed by atoms with E-state index in [2.05, 4.69) is 5.16 Å². The number of aryl methyl sites for hydroxylation is 1. The molecule has 1 atom stereocenters. The van der Waals surface area contributed by atoms with E-state index in [0.717, 1.165) is 6.42 Å². The first-order valence-electron chi connectivity index (χ1n) is 10.3. The molecule has 0 saturated heterocycles. The Morgan fingerprint density at radius 2 is 1.88 bits per heavy atom. The number of carbonyl (C=O) groups is 1. The number of anilines is 1. The Labute approximate surface area is 198 Å². The lowest BCUT2D eigenvalue weighted by Gasteiger charge is -2.22. The number of fused-ring (bicyclic) bond motifs is 2. The summed E-state index contributed by atoms with van der Waals surface area (Å²) in [6.07, 6.45) is 0.880. The zero-order chi connectivity index (χ0) is 23.3. The van der Waals surface area contributed by atoms with Crippen molar-refractivity contribution in [2.24, 2.45) is 0 Å². The van der Waals surface area contributed by atoms with Crippen LogP contribution in [0.5, 0.6) is 5.75 Å². The zero-order valence-electron chi connectivity index (χ0n) is 17.7. The average molecular weight is 485 g/mol. The molecule has 0 saturated carbocycles. The van der Waals surface area contributed by atoms with Crippen molar-refractivity contribution < 1.29 is 18.5 Å². The SMILES string of the molecule is CCCOc1ccc([C@H]2c3c(oc4c(Cl)cc(Cl)cc4c3=O)C(=O)N2c2cc(C)on2)cc1. The number of amides is 1. The molecule has 2 aromatic heterocycles. The second-order valence-electron chi connectivity index (χ2n) is 7.73. The maximum absolute atomic E-state index is 13.6. The van der Waals surface area contributed by atoms with Crippen LogP contribution in [0, 0.1) is 6.92 Å². The Morgan fingerprint density at radius 3 is 2.55 bits per heavy atom. The van der Waals surface area contributed by atoms with Gasteiger partial charge in [0.05, 0.1) is 28.6 Å². The van der Waals surface area contributed by atoms with E-state index in [-0.39, 0.29) is 38.6 Å². The van der Waals surface area contributed by atoms with Crippen LogP contribution < -0.4 is 15.1 Å². The van der Waals surface area contributed by atoms with E-state index in [0.29, 0.717) is 28.7 Å². The fraction of sp³-hybridized carbons (Fsp3) is 0.208. The maximum atomic E-state index is 13.6. The number of aromatic nitrogens is 1. The van der Waals surface area contributed by atoms with E-state index in [1.807, 2.05) is 19.1 Å². The normalized spacial score (nSPS) is 15.3. The van der Waals surface area contributed by atoms with Gasteiger partial charge in [0.1, 0.15) is 11.5 Å². The maximum Gasteiger partial charge on any atom is 0.296 e. The number of hydrogen-bond acceptors (Lipinski definition) is 6. The Hall–Kier alpha value is -3.29. The lowest BCUT2D eigenvalue weighted by Crippen LogP contribution is -2.29. The minimum Gasteiger partial charge on any atom is -0.494 e. The number of benzene rings is 2. The zero-order valence-corrected chi connectivity index (χ0v) is 19.2. The molecular weight excluding hydrogens is 467 g/mol. The molecule has 0 bridgehead atoms. The molecule has 0 radical (unpaired) electrons. The van der Waals surface area contributed by atoms with Crippen LogP contribution in [-0.2, 0) is 0 Å². The van der Waals surface area contributed by atoms with E-state index in [1.165, 1.54) is 17.0 Å². The van der Waals surface area contributed by atoms with Crippen LogP contribution in [0.15, 0.2) is 56.2 Å². The van der Waals surface area contributed by atoms with Crippen molar-refractivity contribution in [3.63, 3.8) is 0 Å². The molecule has 0 N–H and O–H groups in total. The largest absolute Gasteiger partial charge is 0.494 e. The number of carbonyl (C=O) groups excluding carboxylic acids is 1. The first kappa shape index (κ1) is 21.6. The quantitative estimate of drug-likeness (QED) is 0.348. The van der Waals surface area contributed by atoms with Crippen LogP contribution in [0.25, 0.3) is 11.0 Å². The van der Waals surface area contributed by atoms with Crippen LogP contribution in [0.2, 0.25) is 10.0 Å². The van der Waals surface area contributed by atoms with Crippen molar-refractivity contribution in [2.45, 2.75) is 26.3 Å². The highest BCUT2D eigenvalue weighted by Crippen LogP contribution is 2.42. The van der Waals surface area contributed by atoms with Crippen molar-refractivity contribution in [3.05, 3.63) is 85.4 Å². The van der Waals surface area contributed by atoms with E-state index in [4.69, 9.17) is 36.9 Å². The lowest BCUT2D eigenvalue weighted by molar-refractivity contribution is 0.0969. The molecule has 4 aromatic rings. The lowest BCUT2D eigenvalue weighted by atomic mass is 9.98. The van der Waals surface area contributed by atoms with Crippen molar-refractivity contribution in [1.82, 2.24) is 5.16 Å². The van der Waals surface area contributed by atoms with Gasteiger partial charge in [0.25, 0.3) is 5.91 Å². The predicted molar refractivity (Wildman–Crippen MR) is 125 cm³/mol. The third-order valence-corrected chi connectivity index (χ3v) is 5.92. The summed E-state index contributed by atoms with van der Waals surface area (Å²) in [6, 6.07) is 11.0. The molecule has 1 amide bonds. The van der Waals surface area contributed by atoms with Gasteiger partial charge in [-0.2, -0.15) is 0 Å². The third kappa shape index (κ3) is 3.57. The molecule has 1 aliphatic heterocycles. The van der Waals surface area contributed by atoms with Crippen molar-refractivity contribution >= 4 is 45.9 Å². The van der Waals surface area contributed by atoms with Crippen molar-refractivity contribution in [2.75, 3.05) is 11.5 Å². The van der Waals surface area contributed by atoms with Gasteiger partial charge in [-0.15, -0.1) is 0 Å². The molecule has 3 heterocycles. The van der Waals surface area contributed by atoms with Crippen LogP contribution in [0.1, 0.15) is 46.8 Å². The van der Waals surface area contributed by atoms with Gasteiger partial charge < -0.3 is 13.7 Å². The summed E-state index contributed by atoms with van der Waals surface area (Å²) < 4.78 is 16.8.